The maximum Gasteiger partial charge on any atom is 0.247 e. The smallest absolute Gasteiger partial charge is 0.247 e. The number of hydrogen-bond donors (Lipinski definition) is 1. The quantitative estimate of drug-likeness (QED) is 0.303. The van der Waals surface area contributed by atoms with E-state index in [4.69, 9.17) is 13.9 Å². The van der Waals surface area contributed by atoms with Crippen molar-refractivity contribution in [3.63, 3.8) is 0 Å². The summed E-state index contributed by atoms with van der Waals surface area (Å²) in [4.78, 5) is 28.9. The number of nitrogens with one attached hydrogen (secondary N) is 1. The molecular formula is C26H29N5O5. The van der Waals surface area contributed by atoms with Gasteiger partial charge in [-0.25, -0.2) is 4.68 Å². The number of carbonyl (C=O) groups excluding carboxylic acids is 2. The van der Waals surface area contributed by atoms with Crippen molar-refractivity contribution in [2.45, 2.75) is 26.1 Å². The lowest BCUT2D eigenvalue weighted by atomic mass is 10.0. The predicted octanol–water partition coefficient (Wildman–Crippen LogP) is 2.96. The number of benzene rings is 2. The number of fused-ring (bicyclic) bond motifs is 1. The highest BCUT2D eigenvalue weighted by Crippen LogP contribution is 2.32. The van der Waals surface area contributed by atoms with Gasteiger partial charge in [0.25, 0.3) is 0 Å². The molecule has 0 aliphatic heterocycles. The van der Waals surface area contributed by atoms with Crippen LogP contribution in [0, 0.1) is 0 Å². The molecule has 1 atom stereocenters. The molecular weight excluding hydrogens is 462 g/mol. The monoisotopic (exact) mass is 491 g/mol. The Bertz CT molecular complexity index is 1290. The molecule has 1 N–H and O–H groups in total. The van der Waals surface area contributed by atoms with Gasteiger partial charge in [-0.15, -0.1) is 5.10 Å². The number of aromatic nitrogens is 3. The number of rotatable bonds is 12. The zero-order valence-corrected chi connectivity index (χ0v) is 20.3. The van der Waals surface area contributed by atoms with Gasteiger partial charge in [-0.1, -0.05) is 35.5 Å². The Morgan fingerprint density at radius 2 is 1.92 bits per heavy atom. The number of nitrogens with zero attached hydrogens (tertiary/aromatic N) is 4. The highest BCUT2D eigenvalue weighted by atomic mass is 16.5. The lowest BCUT2D eigenvalue weighted by molar-refractivity contribution is -0.142. The first-order valence-electron chi connectivity index (χ1n) is 11.7. The van der Waals surface area contributed by atoms with Gasteiger partial charge in [-0.05, 0) is 37.3 Å². The maximum atomic E-state index is 13.8. The molecule has 36 heavy (non-hydrogen) atoms. The van der Waals surface area contributed by atoms with E-state index in [2.05, 4.69) is 15.6 Å². The van der Waals surface area contributed by atoms with E-state index >= 15 is 0 Å². The van der Waals surface area contributed by atoms with Crippen LogP contribution >= 0.6 is 0 Å². The standard InChI is InChI=1S/C26H29N5O5/c1-3-35-23-13-7-4-10-20(23)25(26(33)27-14-16-34-2)30(17-19-9-8-15-36-19)24(32)18-31-22-12-6-5-11-21(22)28-29-31/h4-13,15,25H,3,14,16-18H2,1-2H3,(H,27,33). The van der Waals surface area contributed by atoms with Gasteiger partial charge in [0.1, 0.15) is 29.6 Å². The summed E-state index contributed by atoms with van der Waals surface area (Å²) >= 11 is 0. The lowest BCUT2D eigenvalue weighted by Gasteiger charge is -2.31. The van der Waals surface area contributed by atoms with Crippen molar-refractivity contribution in [3.05, 3.63) is 78.3 Å². The van der Waals surface area contributed by atoms with Crippen molar-refractivity contribution in [1.29, 1.82) is 0 Å². The molecule has 0 aliphatic rings. The number of para-hydroxylation sites is 2. The fourth-order valence-corrected chi connectivity index (χ4v) is 3.96. The summed E-state index contributed by atoms with van der Waals surface area (Å²) in [6, 6.07) is 17.1. The number of methoxy groups -OCH3 is 1. The average molecular weight is 492 g/mol. The highest BCUT2D eigenvalue weighted by Gasteiger charge is 2.34. The first-order chi connectivity index (χ1) is 17.6. The fraction of sp³-hybridized carbons (Fsp3) is 0.308. The van der Waals surface area contributed by atoms with Gasteiger partial charge in [0, 0.05) is 19.2 Å². The molecule has 4 aromatic rings. The van der Waals surface area contributed by atoms with Gasteiger partial charge >= 0.3 is 0 Å². The molecule has 0 aliphatic carbocycles. The topological polar surface area (TPSA) is 112 Å². The van der Waals surface area contributed by atoms with Crippen LogP contribution in [0.2, 0.25) is 0 Å². The van der Waals surface area contributed by atoms with Gasteiger partial charge in [0.15, 0.2) is 0 Å². The molecule has 2 heterocycles. The van der Waals surface area contributed by atoms with E-state index in [9.17, 15) is 9.59 Å². The van der Waals surface area contributed by atoms with Crippen molar-refractivity contribution in [3.8, 4) is 5.75 Å². The number of carbonyl (C=O) groups is 2. The largest absolute Gasteiger partial charge is 0.494 e. The summed E-state index contributed by atoms with van der Waals surface area (Å²) in [5, 5.41) is 11.2. The lowest BCUT2D eigenvalue weighted by Crippen LogP contribution is -2.45. The van der Waals surface area contributed by atoms with Crippen LogP contribution < -0.4 is 10.1 Å². The number of amides is 2. The Hall–Kier alpha value is -4.18. The van der Waals surface area contributed by atoms with Gasteiger partial charge < -0.3 is 24.1 Å². The normalized spacial score (nSPS) is 11.8. The van der Waals surface area contributed by atoms with Gasteiger partial charge in [-0.2, -0.15) is 0 Å². The molecule has 10 heteroatoms. The van der Waals surface area contributed by atoms with E-state index in [1.54, 1.807) is 31.4 Å². The van der Waals surface area contributed by atoms with Crippen LogP contribution in [0.25, 0.3) is 11.0 Å². The van der Waals surface area contributed by atoms with E-state index in [0.717, 1.165) is 5.52 Å². The molecule has 0 fully saturated rings. The Morgan fingerprint density at radius 3 is 2.69 bits per heavy atom. The Balaban J connectivity index is 1.74. The number of hydrogen-bond acceptors (Lipinski definition) is 7. The van der Waals surface area contributed by atoms with Crippen molar-refractivity contribution in [1.82, 2.24) is 25.2 Å². The van der Waals surface area contributed by atoms with Crippen molar-refractivity contribution >= 4 is 22.8 Å². The molecule has 2 aromatic heterocycles. The fourth-order valence-electron chi connectivity index (χ4n) is 3.96. The van der Waals surface area contributed by atoms with E-state index < -0.39 is 6.04 Å². The molecule has 0 radical (unpaired) electrons. The van der Waals surface area contributed by atoms with Crippen LogP contribution in [-0.4, -0.2) is 58.6 Å². The third kappa shape index (κ3) is 5.72. The Morgan fingerprint density at radius 1 is 1.11 bits per heavy atom. The first kappa shape index (κ1) is 24.9. The van der Waals surface area contributed by atoms with Gasteiger partial charge in [-0.3, -0.25) is 9.59 Å². The van der Waals surface area contributed by atoms with Gasteiger partial charge in [0.2, 0.25) is 11.8 Å². The molecule has 1 unspecified atom stereocenters. The van der Waals surface area contributed by atoms with Crippen molar-refractivity contribution < 1.29 is 23.5 Å². The second kappa shape index (κ2) is 12.0. The average Bonchev–Trinajstić information content (AvgIpc) is 3.55. The minimum atomic E-state index is -0.989. The van der Waals surface area contributed by atoms with Gasteiger partial charge in [0.05, 0.1) is 31.5 Å². The van der Waals surface area contributed by atoms with E-state index in [1.165, 1.54) is 15.8 Å². The Kier molecular flexibility index (Phi) is 8.30. The van der Waals surface area contributed by atoms with Crippen LogP contribution in [-0.2, 0) is 27.4 Å². The van der Waals surface area contributed by atoms with E-state index in [-0.39, 0.29) is 24.9 Å². The van der Waals surface area contributed by atoms with Crippen LogP contribution in [0.1, 0.15) is 24.3 Å². The molecule has 10 nitrogen and oxygen atoms in total. The van der Waals surface area contributed by atoms with Crippen molar-refractivity contribution in [2.75, 3.05) is 26.9 Å². The van der Waals surface area contributed by atoms with Crippen LogP contribution in [0.3, 0.4) is 0 Å². The van der Waals surface area contributed by atoms with Crippen LogP contribution in [0.5, 0.6) is 5.75 Å². The summed E-state index contributed by atoms with van der Waals surface area (Å²) in [5.74, 6) is 0.369. The third-order valence-electron chi connectivity index (χ3n) is 5.61. The molecule has 188 valence electrons. The molecule has 4 rings (SSSR count). The number of ether oxygens (including phenoxy) is 2. The Labute approximate surface area is 208 Å². The van der Waals surface area contributed by atoms with Crippen LogP contribution in [0.4, 0.5) is 0 Å². The zero-order chi connectivity index (χ0) is 25.3. The second-order valence-electron chi connectivity index (χ2n) is 7.99. The minimum Gasteiger partial charge on any atom is -0.494 e. The molecule has 2 amide bonds. The highest BCUT2D eigenvalue weighted by molar-refractivity contribution is 5.89. The maximum absolute atomic E-state index is 13.8. The van der Waals surface area contributed by atoms with E-state index in [1.807, 2.05) is 43.3 Å². The molecule has 0 bridgehead atoms. The molecule has 0 spiro atoms. The molecule has 2 aromatic carbocycles. The zero-order valence-electron chi connectivity index (χ0n) is 20.3. The first-order valence-corrected chi connectivity index (χ1v) is 11.7. The summed E-state index contributed by atoms with van der Waals surface area (Å²) in [7, 11) is 1.56. The third-order valence-corrected chi connectivity index (χ3v) is 5.61. The minimum absolute atomic E-state index is 0.0707. The summed E-state index contributed by atoms with van der Waals surface area (Å²) in [6.45, 7) is 2.86. The summed E-state index contributed by atoms with van der Waals surface area (Å²) < 4.78 is 18.0. The summed E-state index contributed by atoms with van der Waals surface area (Å²) in [5.41, 5.74) is 1.97. The van der Waals surface area contributed by atoms with Crippen LogP contribution in [0.15, 0.2) is 71.3 Å². The predicted molar refractivity (Wildman–Crippen MR) is 132 cm³/mol. The second-order valence-corrected chi connectivity index (χ2v) is 7.99. The van der Waals surface area contributed by atoms with Crippen molar-refractivity contribution in [2.24, 2.45) is 0 Å². The van der Waals surface area contributed by atoms with E-state index in [0.29, 0.717) is 42.3 Å². The number of furan rings is 1. The molecule has 0 saturated carbocycles. The summed E-state index contributed by atoms with van der Waals surface area (Å²) in [6.07, 6.45) is 1.53. The SMILES string of the molecule is CCOc1ccccc1C(C(=O)NCCOC)N(Cc1ccco1)C(=O)Cn1nnc2ccccc21. The molecule has 0 saturated heterocycles.